The molecule has 0 aliphatic heterocycles. The minimum Gasteiger partial charge on any atom is -0.497 e. The van der Waals surface area contributed by atoms with Crippen molar-refractivity contribution in [2.45, 2.75) is 147 Å². The molecule has 1 fully saturated rings. The van der Waals surface area contributed by atoms with E-state index in [4.69, 9.17) is 9.26 Å². The minimum atomic E-state index is -2.18. The second kappa shape index (κ2) is 39.0. The highest BCUT2D eigenvalue weighted by Crippen LogP contribution is 2.46. The van der Waals surface area contributed by atoms with Crippen molar-refractivity contribution in [1.29, 1.82) is 0 Å². The summed E-state index contributed by atoms with van der Waals surface area (Å²) in [5.74, 6) is 11.6. The SMILES string of the molecule is C=S(C)(=O)c1ccc(CNc2nn(C)c3c2sc2nnc(C)c(C)c23)cc1.COc1ccc(CNc2nn(C)c3c2sc2nnc(C)c(C)c23)cc1.Cc1cc(CNc2nn(C)c3c2sc2nnc(C)c(C)c23)no1.Cc1ncsc1CNc1nn(C)c2c1sc1nnc(C)c(C)c12.Cc1nnc2sc3c(NCC4CC4)nn(C)c3c2c1C.Cc1nnc2sc3c(NCc4cccs4)nn(C)c3c2c1C. The summed E-state index contributed by atoms with van der Waals surface area (Å²) in [6.45, 7) is 32.9. The van der Waals surface area contributed by atoms with Crippen LogP contribution in [0.2, 0.25) is 0 Å². The molecule has 1 atom stereocenters. The molecule has 0 radical (unpaired) electrons. The molecule has 0 bridgehead atoms. The molecule has 24 rings (SSSR count). The summed E-state index contributed by atoms with van der Waals surface area (Å²) in [6.07, 6.45) is 4.34. The quantitative estimate of drug-likeness (QED) is 0.0386. The first-order chi connectivity index (χ1) is 67.2. The topological polar surface area (TPSA) is 399 Å². The second-order valence-electron chi connectivity index (χ2n) is 35.0. The molecule has 1 aliphatic rings. The Balaban J connectivity index is 0.000000107. The number of hydrogen-bond acceptors (Lipinski definition) is 37. The van der Waals surface area contributed by atoms with Gasteiger partial charge in [0.25, 0.3) is 0 Å². The summed E-state index contributed by atoms with van der Waals surface area (Å²) >= 11 is 13.2. The molecule has 2 aromatic carbocycles. The van der Waals surface area contributed by atoms with Gasteiger partial charge in [-0.3, -0.25) is 32.3 Å². The fraction of sp³-hybridized carbons (Fsp3) is 0.323. The normalized spacial score (nSPS) is 12.6. The Kier molecular flexibility index (Phi) is 26.6. The van der Waals surface area contributed by atoms with Crippen LogP contribution in [0.25, 0.3) is 123 Å². The highest BCUT2D eigenvalue weighted by molar-refractivity contribution is 7.99. The van der Waals surface area contributed by atoms with Crippen molar-refractivity contribution in [3.05, 3.63) is 183 Å². The lowest BCUT2D eigenvalue weighted by atomic mass is 10.1. The van der Waals surface area contributed by atoms with Crippen LogP contribution in [0.15, 0.2) is 87.0 Å². The van der Waals surface area contributed by atoms with Gasteiger partial charge in [-0.1, -0.05) is 35.5 Å². The Morgan fingerprint density at radius 3 is 0.993 bits per heavy atom. The number of fused-ring (bicyclic) bond motifs is 18. The predicted molar refractivity (Wildman–Crippen MR) is 576 cm³/mol. The lowest BCUT2D eigenvalue weighted by molar-refractivity contribution is 0.391. The van der Waals surface area contributed by atoms with Crippen LogP contribution in [0.5, 0.6) is 5.75 Å². The summed E-state index contributed by atoms with van der Waals surface area (Å²) in [7, 11) is 11.3. The highest BCUT2D eigenvalue weighted by Gasteiger charge is 2.29. The van der Waals surface area contributed by atoms with E-state index in [-0.39, 0.29) is 0 Å². The Morgan fingerprint density at radius 2 is 0.707 bits per heavy atom. The first-order valence-corrected chi connectivity index (χ1v) is 53.9. The van der Waals surface area contributed by atoms with Crippen LogP contribution in [-0.2, 0) is 84.5 Å². The Morgan fingerprint density at radius 1 is 0.393 bits per heavy atom. The summed E-state index contributed by atoms with van der Waals surface area (Å²) in [5.41, 5.74) is 25.6. The van der Waals surface area contributed by atoms with E-state index in [0.717, 1.165) is 241 Å². The van der Waals surface area contributed by atoms with Gasteiger partial charge in [-0.05, 0) is 211 Å². The van der Waals surface area contributed by atoms with Gasteiger partial charge in [-0.2, -0.15) is 61.2 Å². The molecular formula is C96H104N32O3S9. The van der Waals surface area contributed by atoms with Crippen LogP contribution in [0.1, 0.15) is 118 Å². The smallest absolute Gasteiger partial charge is 0.166 e. The minimum absolute atomic E-state index is 0.571. The molecule has 140 heavy (non-hydrogen) atoms. The number of thiophene rings is 7. The third-order valence-electron chi connectivity index (χ3n) is 25.3. The third kappa shape index (κ3) is 18.7. The van der Waals surface area contributed by atoms with E-state index < -0.39 is 9.52 Å². The van der Waals surface area contributed by atoms with Crippen molar-refractivity contribution in [3.63, 3.8) is 0 Å². The van der Waals surface area contributed by atoms with Crippen LogP contribution in [0, 0.1) is 103 Å². The van der Waals surface area contributed by atoms with Gasteiger partial charge in [0.05, 0.1) is 133 Å². The maximum Gasteiger partial charge on any atom is 0.166 e. The standard InChI is InChI=1S/C19H21N5OS2.C18H19N5OS.C15H16N6OS.C15H16N6S2.C15H15N5S2.C14H17N5S/c1-11-12(2)21-22-19-15(11)16-17(26-19)18(23-24(16)3)20-10-13-6-8-14(9-7-13)27(4,5)25;1-10-11(2)20-21-18-14(10)15-16(25-18)17(22-23(15)3)19-9-12-5-7-13(24-4)8-6-12;1-7-5-10(20-22-7)6-16-14-13-12(21(4)19-14)11-8(2)9(3)17-18-15(11)23-13;1-7-8(2)18-19-15-11(7)12-13(23-15)14(20-21(12)4)16-5-10-9(3)17-6-22-10;1-8-9(2)17-18-15-11(8)12-13(22-15)14(19-20(12)3)16-7-10-5-4-6-21-10;1-7-8(2)16-17-14-10(7)11-12(20-14)13(18-19(11)3)15-6-9-4-5-9/h6-9H,4,10H2,1-3,5H3,(H,20,23);5-8H,9H2,1-4H3,(H,19,22);5H,6H2,1-4H3,(H,16,19);6H,5H2,1-4H3,(H,16,20);4-6H,7H2,1-3H3,(H,16,19);9H,4-6H2,1-3H3,(H,15,18). The first kappa shape index (κ1) is 95.6. The van der Waals surface area contributed by atoms with Gasteiger partial charge in [0.2, 0.25) is 0 Å². The summed E-state index contributed by atoms with van der Waals surface area (Å²) in [5, 5.41) is 113. The van der Waals surface area contributed by atoms with Gasteiger partial charge in [0, 0.05) is 121 Å². The van der Waals surface area contributed by atoms with E-state index >= 15 is 0 Å². The number of rotatable bonds is 20. The number of benzene rings is 2. The van der Waals surface area contributed by atoms with E-state index in [1.807, 2.05) is 174 Å². The number of hydrogen-bond donors (Lipinski definition) is 6. The molecule has 0 amide bonds. The monoisotopic (exact) mass is 2040 g/mol. The number of nitrogens with one attached hydrogen (secondary N) is 6. The molecule has 720 valence electrons. The fourth-order valence-electron chi connectivity index (χ4n) is 16.6. The van der Waals surface area contributed by atoms with E-state index in [0.29, 0.717) is 19.6 Å². The summed E-state index contributed by atoms with van der Waals surface area (Å²) in [6, 6.07) is 21.8. The molecule has 44 heteroatoms. The second-order valence-corrected chi connectivity index (χ2v) is 45.5. The molecule has 23 aromatic rings. The van der Waals surface area contributed by atoms with Crippen molar-refractivity contribution < 1.29 is 13.5 Å². The van der Waals surface area contributed by atoms with Gasteiger partial charge in [-0.15, -0.1) is 121 Å². The Bertz CT molecular complexity index is 8770. The van der Waals surface area contributed by atoms with Gasteiger partial charge in [0.15, 0.2) is 34.9 Å². The van der Waals surface area contributed by atoms with Crippen molar-refractivity contribution in [2.24, 2.45) is 48.2 Å². The average molecular weight is 2040 g/mol. The lowest BCUT2D eigenvalue weighted by Gasteiger charge is -2.06. The van der Waals surface area contributed by atoms with Crippen LogP contribution in [0.3, 0.4) is 0 Å². The third-order valence-corrected chi connectivity index (χ3v) is 34.8. The van der Waals surface area contributed by atoms with Crippen LogP contribution in [-0.4, -0.2) is 160 Å². The zero-order chi connectivity index (χ0) is 98.3. The number of aromatic nitrogens is 26. The Hall–Kier alpha value is -13.3. The highest BCUT2D eigenvalue weighted by atomic mass is 32.2. The number of anilines is 6. The predicted octanol–water partition coefficient (Wildman–Crippen LogP) is 20.9. The molecule has 6 N–H and O–H groups in total. The van der Waals surface area contributed by atoms with Gasteiger partial charge >= 0.3 is 0 Å². The molecule has 0 saturated heterocycles. The van der Waals surface area contributed by atoms with Crippen molar-refractivity contribution >= 4 is 264 Å². The first-order valence-electron chi connectivity index (χ1n) is 45.1. The van der Waals surface area contributed by atoms with Crippen molar-refractivity contribution in [1.82, 2.24) is 130 Å². The molecule has 35 nitrogen and oxygen atoms in total. The zero-order valence-electron chi connectivity index (χ0n) is 81.5. The number of methoxy groups -OCH3 is 1. The van der Waals surface area contributed by atoms with Crippen molar-refractivity contribution in [2.75, 3.05) is 51.8 Å². The number of ether oxygens (including phenoxy) is 1. The number of thiazole rings is 1. The summed E-state index contributed by atoms with van der Waals surface area (Å²) in [4.78, 5) is 13.4. The van der Waals surface area contributed by atoms with E-state index in [1.54, 1.807) is 104 Å². The molecule has 0 spiro atoms. The fourth-order valence-corrected chi connectivity index (χ4v) is 25.7. The Labute approximate surface area is 836 Å². The van der Waals surface area contributed by atoms with Crippen LogP contribution in [0.4, 0.5) is 34.9 Å². The lowest BCUT2D eigenvalue weighted by Crippen LogP contribution is -2.04. The van der Waals surface area contributed by atoms with Crippen LogP contribution >= 0.6 is 90.7 Å². The van der Waals surface area contributed by atoms with Gasteiger partial charge < -0.3 is 41.2 Å². The summed E-state index contributed by atoms with van der Waals surface area (Å²) < 4.78 is 40.7. The van der Waals surface area contributed by atoms with Gasteiger partial charge in [0.1, 0.15) is 46.2 Å². The molecule has 1 unspecified atom stereocenters. The van der Waals surface area contributed by atoms with Crippen molar-refractivity contribution in [3.8, 4) is 5.75 Å². The molecule has 1 aliphatic carbocycles. The number of aryl methyl sites for hydroxylation is 20. The molecule has 1 saturated carbocycles. The zero-order valence-corrected chi connectivity index (χ0v) is 88.8. The molecule has 21 heterocycles. The maximum atomic E-state index is 12.0. The maximum absolute atomic E-state index is 12.0. The molecular weight excluding hydrogens is 1940 g/mol. The van der Waals surface area contributed by atoms with Crippen LogP contribution < -0.4 is 36.6 Å². The largest absolute Gasteiger partial charge is 0.497 e. The molecule has 21 aromatic heterocycles. The number of nitrogens with zero attached hydrogens (tertiary/aromatic N) is 26. The van der Waals surface area contributed by atoms with E-state index in [9.17, 15) is 4.21 Å². The average Bonchev–Trinajstić information content (AvgIpc) is 1.62. The van der Waals surface area contributed by atoms with Gasteiger partial charge in [-0.25, -0.2) is 4.98 Å². The van der Waals surface area contributed by atoms with E-state index in [2.05, 4.69) is 211 Å². The van der Waals surface area contributed by atoms with E-state index in [1.165, 1.54) is 71.4 Å².